The fraction of sp³-hybridized carbons (Fsp3) is 0.917. The minimum absolute atomic E-state index is 0. The molecule has 4 atom stereocenters. The van der Waals surface area contributed by atoms with Crippen molar-refractivity contribution in [3.05, 3.63) is 0 Å². The van der Waals surface area contributed by atoms with Gasteiger partial charge in [0.25, 0.3) is 0 Å². The second kappa shape index (κ2) is 6.95. The van der Waals surface area contributed by atoms with Crippen LogP contribution in [0, 0.1) is 17.8 Å². The lowest BCUT2D eigenvalue weighted by atomic mass is 9.84. The normalized spacial score (nSPS) is 32.0. The highest BCUT2D eigenvalue weighted by molar-refractivity contribution is 5.85. The fourth-order valence-corrected chi connectivity index (χ4v) is 3.28. The van der Waals surface area contributed by atoms with Crippen molar-refractivity contribution in [2.24, 2.45) is 23.5 Å². The van der Waals surface area contributed by atoms with Gasteiger partial charge in [0, 0.05) is 12.6 Å². The van der Waals surface area contributed by atoms with E-state index >= 15 is 0 Å². The van der Waals surface area contributed by atoms with E-state index in [-0.39, 0.29) is 43.4 Å². The number of carbonyl (C=O) groups excluding carboxylic acids is 1. The Balaban J connectivity index is 0.00000200. The Kier molecular flexibility index (Phi) is 6.09. The smallest absolute Gasteiger partial charge is 0.370 e. The molecule has 0 saturated heterocycles. The van der Waals surface area contributed by atoms with Gasteiger partial charge in [0.2, 0.25) is 5.91 Å². The molecule has 118 valence electrons. The number of hydrogen-bond donors (Lipinski definition) is 2. The second-order valence-corrected chi connectivity index (χ2v) is 5.40. The van der Waals surface area contributed by atoms with Crippen LogP contribution in [0.1, 0.15) is 19.3 Å². The van der Waals surface area contributed by atoms with Gasteiger partial charge in [-0.15, -0.1) is 12.4 Å². The third-order valence-corrected chi connectivity index (χ3v) is 4.09. The van der Waals surface area contributed by atoms with Crippen molar-refractivity contribution in [1.82, 2.24) is 5.32 Å². The Hall–Kier alpha value is -0.530. The van der Waals surface area contributed by atoms with E-state index in [1.54, 1.807) is 0 Å². The summed E-state index contributed by atoms with van der Waals surface area (Å²) in [4.78, 5) is 11.9. The zero-order chi connectivity index (χ0) is 14.0. The number of carbonyl (C=O) groups is 1. The summed E-state index contributed by atoms with van der Waals surface area (Å²) in [5, 5.41) is 2.61. The van der Waals surface area contributed by atoms with Crippen LogP contribution in [-0.2, 0) is 9.53 Å². The monoisotopic (exact) mass is 316 g/mol. The van der Waals surface area contributed by atoms with Crippen LogP contribution in [0.2, 0.25) is 0 Å². The Morgan fingerprint density at radius 1 is 1.30 bits per heavy atom. The molecule has 0 aromatic heterocycles. The third-order valence-electron chi connectivity index (χ3n) is 4.09. The minimum Gasteiger partial charge on any atom is -0.370 e. The Bertz CT molecular complexity index is 339. The van der Waals surface area contributed by atoms with E-state index in [0.717, 1.165) is 19.3 Å². The molecule has 2 aliphatic carbocycles. The largest absolute Gasteiger partial charge is 0.411 e. The molecule has 0 heterocycles. The molecule has 2 fully saturated rings. The van der Waals surface area contributed by atoms with Crippen LogP contribution in [0.4, 0.5) is 13.2 Å². The molecule has 0 radical (unpaired) electrons. The summed E-state index contributed by atoms with van der Waals surface area (Å²) < 4.78 is 39.9. The van der Waals surface area contributed by atoms with Gasteiger partial charge in [-0.3, -0.25) is 4.79 Å². The average Bonchev–Trinajstić information content (AvgIpc) is 2.87. The van der Waals surface area contributed by atoms with Crippen LogP contribution in [0.15, 0.2) is 0 Å². The number of hydrogen-bond acceptors (Lipinski definition) is 3. The Morgan fingerprint density at radius 2 is 1.95 bits per heavy atom. The van der Waals surface area contributed by atoms with Gasteiger partial charge in [0.1, 0.15) is 6.61 Å². The molecule has 2 rings (SSSR count). The molecule has 4 nitrogen and oxygen atoms in total. The summed E-state index contributed by atoms with van der Waals surface area (Å²) in [7, 11) is 0. The topological polar surface area (TPSA) is 64.4 Å². The number of amides is 1. The van der Waals surface area contributed by atoms with Crippen LogP contribution >= 0.6 is 12.4 Å². The Labute approximate surface area is 122 Å². The highest BCUT2D eigenvalue weighted by Crippen LogP contribution is 2.47. The molecule has 2 bridgehead atoms. The number of nitrogens with two attached hydrogens (primary N) is 1. The molecular formula is C12H20ClF3N2O2. The number of halogens is 4. The molecule has 0 aromatic carbocycles. The molecule has 4 unspecified atom stereocenters. The fourth-order valence-electron chi connectivity index (χ4n) is 3.28. The number of rotatable bonds is 5. The first kappa shape index (κ1) is 17.5. The molecule has 8 heteroatoms. The number of fused-ring (bicyclic) bond motifs is 2. The highest BCUT2D eigenvalue weighted by atomic mass is 35.5. The summed E-state index contributed by atoms with van der Waals surface area (Å²) in [6.07, 6.45) is -1.20. The van der Waals surface area contributed by atoms with Gasteiger partial charge in [-0.1, -0.05) is 0 Å². The van der Waals surface area contributed by atoms with Crippen LogP contribution in [0.25, 0.3) is 0 Å². The van der Waals surface area contributed by atoms with Gasteiger partial charge < -0.3 is 15.8 Å². The zero-order valence-electron chi connectivity index (χ0n) is 11.0. The van der Waals surface area contributed by atoms with Crippen LogP contribution < -0.4 is 11.1 Å². The van der Waals surface area contributed by atoms with Crippen molar-refractivity contribution in [3.8, 4) is 0 Å². The van der Waals surface area contributed by atoms with E-state index in [1.165, 1.54) is 0 Å². The van der Waals surface area contributed by atoms with Gasteiger partial charge in [0.15, 0.2) is 0 Å². The second-order valence-electron chi connectivity index (χ2n) is 5.40. The first-order valence-electron chi connectivity index (χ1n) is 6.56. The molecule has 2 aliphatic rings. The molecular weight excluding hydrogens is 297 g/mol. The van der Waals surface area contributed by atoms with E-state index in [9.17, 15) is 18.0 Å². The van der Waals surface area contributed by atoms with Gasteiger partial charge in [-0.05, 0) is 31.1 Å². The van der Waals surface area contributed by atoms with Crippen molar-refractivity contribution in [2.75, 3.05) is 19.8 Å². The lowest BCUT2D eigenvalue weighted by molar-refractivity contribution is -0.173. The lowest BCUT2D eigenvalue weighted by Crippen LogP contribution is -2.46. The highest BCUT2D eigenvalue weighted by Gasteiger charge is 2.48. The van der Waals surface area contributed by atoms with E-state index in [1.807, 2.05) is 0 Å². The van der Waals surface area contributed by atoms with Crippen LogP contribution in [0.5, 0.6) is 0 Å². The van der Waals surface area contributed by atoms with Crippen LogP contribution in [0.3, 0.4) is 0 Å². The molecule has 0 spiro atoms. The SMILES string of the molecule is Cl.NC1C2CCC(C2)C1C(=O)NCCOCC(F)(F)F. The predicted molar refractivity (Wildman–Crippen MR) is 69.4 cm³/mol. The van der Waals surface area contributed by atoms with Gasteiger partial charge >= 0.3 is 6.18 Å². The molecule has 1 amide bonds. The molecule has 0 aliphatic heterocycles. The third kappa shape index (κ3) is 4.23. The van der Waals surface area contributed by atoms with E-state index < -0.39 is 12.8 Å². The van der Waals surface area contributed by atoms with E-state index in [0.29, 0.717) is 11.8 Å². The van der Waals surface area contributed by atoms with Crippen molar-refractivity contribution in [3.63, 3.8) is 0 Å². The first-order valence-corrected chi connectivity index (χ1v) is 6.56. The standard InChI is InChI=1S/C12H19F3N2O2.ClH/c13-12(14,15)6-19-4-3-17-11(18)9-7-1-2-8(5-7)10(9)16;/h7-10H,1-6,16H2,(H,17,18);1H. The van der Waals surface area contributed by atoms with Gasteiger partial charge in [0.05, 0.1) is 12.5 Å². The average molecular weight is 317 g/mol. The molecule has 2 saturated carbocycles. The maximum Gasteiger partial charge on any atom is 0.411 e. The lowest BCUT2D eigenvalue weighted by Gasteiger charge is -2.26. The van der Waals surface area contributed by atoms with E-state index in [4.69, 9.17) is 5.73 Å². The van der Waals surface area contributed by atoms with Crippen molar-refractivity contribution >= 4 is 18.3 Å². The van der Waals surface area contributed by atoms with Crippen molar-refractivity contribution in [1.29, 1.82) is 0 Å². The Morgan fingerprint density at radius 3 is 2.50 bits per heavy atom. The quantitative estimate of drug-likeness (QED) is 0.755. The summed E-state index contributed by atoms with van der Waals surface area (Å²) >= 11 is 0. The first-order chi connectivity index (χ1) is 8.88. The molecule has 3 N–H and O–H groups in total. The van der Waals surface area contributed by atoms with Crippen LogP contribution in [-0.4, -0.2) is 37.9 Å². The molecule has 0 aromatic rings. The van der Waals surface area contributed by atoms with Crippen molar-refractivity contribution in [2.45, 2.75) is 31.5 Å². The predicted octanol–water partition coefficient (Wildman–Crippen LogP) is 1.48. The van der Waals surface area contributed by atoms with Gasteiger partial charge in [-0.2, -0.15) is 13.2 Å². The number of nitrogens with one attached hydrogen (secondary N) is 1. The van der Waals surface area contributed by atoms with Gasteiger partial charge in [-0.25, -0.2) is 0 Å². The summed E-state index contributed by atoms with van der Waals surface area (Å²) in [6, 6.07) is -0.102. The number of alkyl halides is 3. The summed E-state index contributed by atoms with van der Waals surface area (Å²) in [5.41, 5.74) is 6.01. The minimum atomic E-state index is -4.32. The van der Waals surface area contributed by atoms with Crippen molar-refractivity contribution < 1.29 is 22.7 Å². The maximum atomic E-state index is 11.9. The zero-order valence-corrected chi connectivity index (χ0v) is 11.8. The summed E-state index contributed by atoms with van der Waals surface area (Å²) in [6.45, 7) is -1.33. The van der Waals surface area contributed by atoms with E-state index in [2.05, 4.69) is 10.1 Å². The number of ether oxygens (including phenoxy) is 1. The maximum absolute atomic E-state index is 11.9. The summed E-state index contributed by atoms with van der Waals surface area (Å²) in [5.74, 6) is 0.454. The molecule has 20 heavy (non-hydrogen) atoms.